The van der Waals surface area contributed by atoms with Crippen molar-refractivity contribution in [1.82, 2.24) is 4.98 Å². The van der Waals surface area contributed by atoms with Crippen molar-refractivity contribution in [2.45, 2.75) is 44.6 Å². The first-order valence-corrected chi connectivity index (χ1v) is 6.75. The minimum Gasteiger partial charge on any atom is -0.371 e. The minimum absolute atomic E-state index is 0.0950. The van der Waals surface area contributed by atoms with Crippen LogP contribution in [0.5, 0.6) is 0 Å². The van der Waals surface area contributed by atoms with Gasteiger partial charge in [-0.2, -0.15) is 0 Å². The van der Waals surface area contributed by atoms with Gasteiger partial charge in [-0.1, -0.05) is 12.8 Å². The van der Waals surface area contributed by atoms with E-state index in [0.717, 1.165) is 30.0 Å². The first kappa shape index (κ1) is 12.0. The Morgan fingerprint density at radius 1 is 1.44 bits per heavy atom. The topological polar surface area (TPSA) is 48.1 Å². The number of methoxy groups -OCH3 is 1. The van der Waals surface area contributed by atoms with E-state index in [1.54, 1.807) is 11.3 Å². The second-order valence-electron chi connectivity index (χ2n) is 4.47. The van der Waals surface area contributed by atoms with Crippen LogP contribution in [0.25, 0.3) is 0 Å². The fourth-order valence-corrected chi connectivity index (χ4v) is 3.74. The molecule has 0 bridgehead atoms. The molecule has 1 aromatic heterocycles. The largest absolute Gasteiger partial charge is 0.371 e. The monoisotopic (exact) mass is 240 g/mol. The highest BCUT2D eigenvalue weighted by molar-refractivity contribution is 7.11. The number of rotatable bonds is 4. The van der Waals surface area contributed by atoms with Gasteiger partial charge in [0.1, 0.15) is 10.6 Å². The van der Waals surface area contributed by atoms with Crippen molar-refractivity contribution in [3.8, 4) is 0 Å². The molecule has 1 aromatic rings. The second kappa shape index (κ2) is 4.82. The number of hydrogen-bond acceptors (Lipinski definition) is 4. The summed E-state index contributed by atoms with van der Waals surface area (Å²) in [6.45, 7) is 2.77. The van der Waals surface area contributed by atoms with E-state index < -0.39 is 0 Å². The Balaban J connectivity index is 2.28. The molecule has 0 spiro atoms. The van der Waals surface area contributed by atoms with Crippen molar-refractivity contribution in [3.05, 3.63) is 15.6 Å². The lowest BCUT2D eigenvalue weighted by molar-refractivity contribution is -0.00893. The Labute approximate surface area is 101 Å². The molecule has 0 amide bonds. The van der Waals surface area contributed by atoms with Gasteiger partial charge in [-0.25, -0.2) is 4.98 Å². The number of ether oxygens (including phenoxy) is 1. The number of aryl methyl sites for hydroxylation is 1. The van der Waals surface area contributed by atoms with E-state index in [1.807, 2.05) is 7.11 Å². The molecule has 0 unspecified atom stereocenters. The van der Waals surface area contributed by atoms with Gasteiger partial charge in [0, 0.05) is 12.0 Å². The molecule has 2 rings (SSSR count). The maximum Gasteiger partial charge on any atom is 0.125 e. The molecule has 4 heteroatoms. The number of nitrogens with two attached hydrogens (primary N) is 1. The summed E-state index contributed by atoms with van der Waals surface area (Å²) >= 11 is 1.79. The first-order valence-electron chi connectivity index (χ1n) is 5.94. The van der Waals surface area contributed by atoms with Crippen LogP contribution >= 0.6 is 11.3 Å². The molecule has 1 saturated carbocycles. The van der Waals surface area contributed by atoms with E-state index >= 15 is 0 Å². The van der Waals surface area contributed by atoms with Gasteiger partial charge in [-0.3, -0.25) is 0 Å². The molecule has 90 valence electrons. The summed E-state index contributed by atoms with van der Waals surface area (Å²) < 4.78 is 5.75. The maximum absolute atomic E-state index is 5.75. The molecular weight excluding hydrogens is 220 g/mol. The van der Waals surface area contributed by atoms with Crippen LogP contribution in [-0.2, 0) is 16.8 Å². The normalized spacial score (nSPS) is 19.2. The van der Waals surface area contributed by atoms with E-state index in [9.17, 15) is 0 Å². The number of hydrogen-bond donors (Lipinski definition) is 1. The molecule has 0 atom stereocenters. The van der Waals surface area contributed by atoms with Gasteiger partial charge in [-0.15, -0.1) is 11.3 Å². The lowest BCUT2D eigenvalue weighted by atomic mass is 10.0. The van der Waals surface area contributed by atoms with Gasteiger partial charge < -0.3 is 10.5 Å². The van der Waals surface area contributed by atoms with Crippen molar-refractivity contribution < 1.29 is 4.74 Å². The molecule has 16 heavy (non-hydrogen) atoms. The van der Waals surface area contributed by atoms with Gasteiger partial charge in [0.15, 0.2) is 0 Å². The van der Waals surface area contributed by atoms with Crippen LogP contribution in [-0.4, -0.2) is 18.6 Å². The van der Waals surface area contributed by atoms with Gasteiger partial charge in [0.25, 0.3) is 0 Å². The second-order valence-corrected chi connectivity index (χ2v) is 5.56. The Morgan fingerprint density at radius 3 is 2.69 bits per heavy atom. The summed E-state index contributed by atoms with van der Waals surface area (Å²) in [6.07, 6.45) is 5.65. The molecular formula is C12H20N2OS. The van der Waals surface area contributed by atoms with Crippen molar-refractivity contribution in [2.75, 3.05) is 13.7 Å². The van der Waals surface area contributed by atoms with E-state index in [1.165, 1.54) is 17.7 Å². The van der Waals surface area contributed by atoms with E-state index in [0.29, 0.717) is 6.54 Å². The quantitative estimate of drug-likeness (QED) is 0.879. The van der Waals surface area contributed by atoms with Crippen molar-refractivity contribution in [2.24, 2.45) is 5.73 Å². The third-order valence-electron chi connectivity index (χ3n) is 3.46. The average molecular weight is 240 g/mol. The van der Waals surface area contributed by atoms with Gasteiger partial charge in [-0.05, 0) is 32.7 Å². The van der Waals surface area contributed by atoms with Crippen LogP contribution in [0.3, 0.4) is 0 Å². The number of nitrogens with zero attached hydrogens (tertiary/aromatic N) is 1. The Kier molecular flexibility index (Phi) is 3.62. The summed E-state index contributed by atoms with van der Waals surface area (Å²) in [5.41, 5.74) is 6.64. The van der Waals surface area contributed by atoms with Gasteiger partial charge in [0.05, 0.1) is 5.69 Å². The highest BCUT2D eigenvalue weighted by Crippen LogP contribution is 2.43. The Bertz CT molecular complexity index is 356. The predicted molar refractivity (Wildman–Crippen MR) is 66.8 cm³/mol. The van der Waals surface area contributed by atoms with Crippen molar-refractivity contribution >= 4 is 11.3 Å². The maximum atomic E-state index is 5.75. The highest BCUT2D eigenvalue weighted by Gasteiger charge is 2.38. The van der Waals surface area contributed by atoms with E-state index in [-0.39, 0.29) is 5.60 Å². The lowest BCUT2D eigenvalue weighted by Crippen LogP contribution is -2.24. The fraction of sp³-hybridized carbons (Fsp3) is 0.750. The molecule has 2 N–H and O–H groups in total. The summed E-state index contributed by atoms with van der Waals surface area (Å²) in [5, 5.41) is 1.16. The first-order chi connectivity index (χ1) is 7.72. The van der Waals surface area contributed by atoms with Crippen LogP contribution in [0.4, 0.5) is 0 Å². The van der Waals surface area contributed by atoms with E-state index in [4.69, 9.17) is 15.5 Å². The molecule has 0 radical (unpaired) electrons. The molecule has 1 aliphatic rings. The molecule has 1 aliphatic carbocycles. The summed E-state index contributed by atoms with van der Waals surface area (Å²) in [6, 6.07) is 0. The van der Waals surface area contributed by atoms with Gasteiger partial charge >= 0.3 is 0 Å². The number of aromatic nitrogens is 1. The van der Waals surface area contributed by atoms with Crippen molar-refractivity contribution in [3.63, 3.8) is 0 Å². The third kappa shape index (κ3) is 2.01. The molecule has 1 fully saturated rings. The highest BCUT2D eigenvalue weighted by atomic mass is 32.1. The van der Waals surface area contributed by atoms with Crippen LogP contribution in [0, 0.1) is 6.92 Å². The average Bonchev–Trinajstić information content (AvgIpc) is 2.88. The zero-order valence-electron chi connectivity index (χ0n) is 10.1. The lowest BCUT2D eigenvalue weighted by Gasteiger charge is -2.24. The third-order valence-corrected chi connectivity index (χ3v) is 4.86. The van der Waals surface area contributed by atoms with Crippen LogP contribution in [0.1, 0.15) is 41.3 Å². The molecule has 0 aliphatic heterocycles. The molecule has 1 heterocycles. The SMILES string of the molecule is COC1(c2nc(C)c(CCN)s2)CCCC1. The van der Waals surface area contributed by atoms with Crippen LogP contribution in [0.15, 0.2) is 0 Å². The minimum atomic E-state index is -0.0950. The van der Waals surface area contributed by atoms with Crippen LogP contribution < -0.4 is 5.73 Å². The number of thiazole rings is 1. The summed E-state index contributed by atoms with van der Waals surface area (Å²) in [5.74, 6) is 0. The van der Waals surface area contributed by atoms with E-state index in [2.05, 4.69) is 6.92 Å². The molecule has 3 nitrogen and oxygen atoms in total. The van der Waals surface area contributed by atoms with Crippen molar-refractivity contribution in [1.29, 1.82) is 0 Å². The summed E-state index contributed by atoms with van der Waals surface area (Å²) in [4.78, 5) is 6.01. The summed E-state index contributed by atoms with van der Waals surface area (Å²) in [7, 11) is 1.81. The fourth-order valence-electron chi connectivity index (χ4n) is 2.44. The smallest absolute Gasteiger partial charge is 0.125 e. The Morgan fingerprint density at radius 2 is 2.12 bits per heavy atom. The molecule has 0 saturated heterocycles. The van der Waals surface area contributed by atoms with Gasteiger partial charge in [0.2, 0.25) is 0 Å². The standard InChI is InChI=1S/C12H20N2OS/c1-9-10(5-8-13)16-11(14-9)12(15-2)6-3-4-7-12/h3-8,13H2,1-2H3. The predicted octanol–water partition coefficient (Wildman–Crippen LogP) is 2.37. The van der Waals surface area contributed by atoms with Crippen LogP contribution in [0.2, 0.25) is 0 Å². The zero-order valence-corrected chi connectivity index (χ0v) is 10.9. The zero-order chi connectivity index (χ0) is 11.6. The Hall–Kier alpha value is -0.450. The molecule has 0 aromatic carbocycles.